The first kappa shape index (κ1) is 21.6. The van der Waals surface area contributed by atoms with Crippen molar-refractivity contribution in [2.24, 2.45) is 0 Å². The average Bonchev–Trinajstić information content (AvgIpc) is 2.82. The van der Waals surface area contributed by atoms with E-state index in [9.17, 15) is 14.7 Å². The summed E-state index contributed by atoms with van der Waals surface area (Å²) in [6.07, 6.45) is 0.700. The summed E-state index contributed by atoms with van der Waals surface area (Å²) >= 11 is 0. The molecule has 1 aliphatic heterocycles. The molecule has 1 saturated heterocycles. The Kier molecular flexibility index (Phi) is 6.82. The molecule has 0 atom stereocenters. The number of carbonyl (C=O) groups is 2. The summed E-state index contributed by atoms with van der Waals surface area (Å²) in [6, 6.07) is 24.6. The van der Waals surface area contributed by atoms with Crippen LogP contribution in [-0.4, -0.2) is 59.4 Å². The van der Waals surface area contributed by atoms with Crippen molar-refractivity contribution in [1.82, 2.24) is 9.80 Å². The lowest BCUT2D eigenvalue weighted by Gasteiger charge is -2.34. The van der Waals surface area contributed by atoms with Gasteiger partial charge in [-0.1, -0.05) is 54.6 Å². The minimum atomic E-state index is -0.175. The third-order valence-electron chi connectivity index (χ3n) is 5.63. The lowest BCUT2D eigenvalue weighted by atomic mass is 10.0. The number of hydrogen-bond donors (Lipinski definition) is 2. The van der Waals surface area contributed by atoms with Crippen LogP contribution in [0, 0.1) is 0 Å². The van der Waals surface area contributed by atoms with Gasteiger partial charge in [0.1, 0.15) is 5.75 Å². The van der Waals surface area contributed by atoms with E-state index in [0.717, 1.165) is 16.8 Å². The predicted octanol–water partition coefficient (Wildman–Crippen LogP) is 3.38. The van der Waals surface area contributed by atoms with E-state index in [1.165, 1.54) is 0 Å². The van der Waals surface area contributed by atoms with E-state index < -0.39 is 0 Å². The number of piperazine rings is 1. The first-order chi connectivity index (χ1) is 15.6. The molecule has 6 nitrogen and oxygen atoms in total. The first-order valence-electron chi connectivity index (χ1n) is 10.8. The smallest absolute Gasteiger partial charge is 0.257 e. The van der Waals surface area contributed by atoms with Crippen LogP contribution in [0.4, 0.5) is 5.69 Å². The molecule has 0 bridgehead atoms. The largest absolute Gasteiger partial charge is 0.507 e. The summed E-state index contributed by atoms with van der Waals surface area (Å²) in [5.41, 5.74) is 3.23. The highest BCUT2D eigenvalue weighted by atomic mass is 16.3. The van der Waals surface area contributed by atoms with Crippen molar-refractivity contribution in [1.29, 1.82) is 0 Å². The Morgan fingerprint density at radius 1 is 0.812 bits per heavy atom. The Morgan fingerprint density at radius 2 is 1.47 bits per heavy atom. The summed E-state index contributed by atoms with van der Waals surface area (Å²) in [5, 5.41) is 13.2. The second-order valence-electron chi connectivity index (χ2n) is 8.00. The monoisotopic (exact) mass is 429 g/mol. The number of rotatable bonds is 6. The third kappa shape index (κ3) is 5.53. The zero-order chi connectivity index (χ0) is 22.3. The highest BCUT2D eigenvalue weighted by Crippen LogP contribution is 2.23. The Bertz CT molecular complexity index is 1060. The van der Waals surface area contributed by atoms with Crippen LogP contribution in [-0.2, 0) is 11.2 Å². The maximum atomic E-state index is 13.1. The molecular formula is C26H27N3O3. The van der Waals surface area contributed by atoms with Crippen LogP contribution in [0.5, 0.6) is 5.75 Å². The van der Waals surface area contributed by atoms with Gasteiger partial charge in [-0.2, -0.15) is 0 Å². The molecule has 0 unspecified atom stereocenters. The Morgan fingerprint density at radius 3 is 2.16 bits per heavy atom. The lowest BCUT2D eigenvalue weighted by Crippen LogP contribution is -2.50. The predicted molar refractivity (Wildman–Crippen MR) is 125 cm³/mol. The summed E-state index contributed by atoms with van der Waals surface area (Å²) in [5.74, 6) is -0.246. The first-order valence-corrected chi connectivity index (χ1v) is 10.8. The average molecular weight is 430 g/mol. The number of nitrogens with zero attached hydrogens (tertiary/aromatic N) is 2. The zero-order valence-corrected chi connectivity index (χ0v) is 17.9. The maximum Gasteiger partial charge on any atom is 0.257 e. The molecule has 164 valence electrons. The molecule has 3 aromatic carbocycles. The van der Waals surface area contributed by atoms with Gasteiger partial charge >= 0.3 is 0 Å². The topological polar surface area (TPSA) is 72.9 Å². The summed E-state index contributed by atoms with van der Waals surface area (Å²) < 4.78 is 0. The van der Waals surface area contributed by atoms with Crippen LogP contribution in [0.2, 0.25) is 0 Å². The number of phenolic OH excluding ortho intramolecular Hbond substituents is 1. The molecule has 32 heavy (non-hydrogen) atoms. The lowest BCUT2D eigenvalue weighted by molar-refractivity contribution is -0.117. The Hall–Kier alpha value is -3.64. The quantitative estimate of drug-likeness (QED) is 0.630. The highest BCUT2D eigenvalue weighted by molar-refractivity contribution is 5.97. The van der Waals surface area contributed by atoms with Gasteiger partial charge in [0.2, 0.25) is 5.91 Å². The number of anilines is 1. The number of para-hydroxylation sites is 1. The molecule has 1 fully saturated rings. The van der Waals surface area contributed by atoms with Crippen LogP contribution >= 0.6 is 0 Å². The number of hydrogen-bond acceptors (Lipinski definition) is 4. The van der Waals surface area contributed by atoms with Crippen molar-refractivity contribution in [2.45, 2.75) is 6.42 Å². The van der Waals surface area contributed by atoms with Gasteiger partial charge in [-0.05, 0) is 41.8 Å². The molecule has 4 rings (SSSR count). The molecule has 1 heterocycles. The van der Waals surface area contributed by atoms with E-state index >= 15 is 0 Å². The van der Waals surface area contributed by atoms with Crippen LogP contribution in [0.25, 0.3) is 0 Å². The van der Waals surface area contributed by atoms with Gasteiger partial charge in [0, 0.05) is 31.9 Å². The summed E-state index contributed by atoms with van der Waals surface area (Å²) in [6.45, 7) is 2.53. The molecule has 1 aliphatic rings. The van der Waals surface area contributed by atoms with Crippen molar-refractivity contribution >= 4 is 17.5 Å². The van der Waals surface area contributed by atoms with Gasteiger partial charge in [-0.15, -0.1) is 0 Å². The van der Waals surface area contributed by atoms with Crippen LogP contribution in [0.3, 0.4) is 0 Å². The van der Waals surface area contributed by atoms with Crippen molar-refractivity contribution in [2.75, 3.05) is 38.0 Å². The number of amides is 2. The molecule has 0 aliphatic carbocycles. The second kappa shape index (κ2) is 10.1. The summed E-state index contributed by atoms with van der Waals surface area (Å²) in [4.78, 5) is 29.1. The number of nitrogens with one attached hydrogen (secondary N) is 1. The number of aromatic hydroxyl groups is 1. The van der Waals surface area contributed by atoms with E-state index in [1.807, 2.05) is 71.6 Å². The molecule has 3 aromatic rings. The fraction of sp³-hybridized carbons (Fsp3) is 0.231. The van der Waals surface area contributed by atoms with E-state index in [0.29, 0.717) is 38.2 Å². The van der Waals surface area contributed by atoms with Gasteiger partial charge in [-0.25, -0.2) is 0 Å². The molecular weight excluding hydrogens is 402 g/mol. The third-order valence-corrected chi connectivity index (χ3v) is 5.63. The van der Waals surface area contributed by atoms with Crippen LogP contribution in [0.15, 0.2) is 78.9 Å². The van der Waals surface area contributed by atoms with E-state index in [4.69, 9.17) is 0 Å². The summed E-state index contributed by atoms with van der Waals surface area (Å²) in [7, 11) is 0. The Balaban J connectivity index is 1.33. The molecule has 6 heteroatoms. The van der Waals surface area contributed by atoms with E-state index in [1.54, 1.807) is 17.0 Å². The Labute approximate surface area is 188 Å². The van der Waals surface area contributed by atoms with E-state index in [2.05, 4.69) is 5.32 Å². The molecule has 0 radical (unpaired) electrons. The number of carbonyl (C=O) groups excluding carboxylic acids is 2. The zero-order valence-electron chi connectivity index (χ0n) is 17.9. The SMILES string of the molecule is O=C(CN1CCN(C(=O)c2cc(Cc3ccccc3)ccc2O)CC1)Nc1ccccc1. The minimum absolute atomic E-state index is 0.00326. The highest BCUT2D eigenvalue weighted by Gasteiger charge is 2.25. The second-order valence-corrected chi connectivity index (χ2v) is 8.00. The number of phenols is 1. The normalized spacial score (nSPS) is 14.2. The van der Waals surface area contributed by atoms with Crippen molar-refractivity contribution in [3.8, 4) is 5.75 Å². The van der Waals surface area contributed by atoms with Crippen LogP contribution < -0.4 is 5.32 Å². The minimum Gasteiger partial charge on any atom is -0.507 e. The van der Waals surface area contributed by atoms with Gasteiger partial charge < -0.3 is 15.3 Å². The van der Waals surface area contributed by atoms with E-state index in [-0.39, 0.29) is 24.1 Å². The molecule has 0 spiro atoms. The van der Waals surface area contributed by atoms with Gasteiger partial charge in [0.15, 0.2) is 0 Å². The van der Waals surface area contributed by atoms with Crippen molar-refractivity contribution in [3.05, 3.63) is 95.6 Å². The van der Waals surface area contributed by atoms with Gasteiger partial charge in [0.25, 0.3) is 5.91 Å². The molecule has 0 saturated carbocycles. The molecule has 0 aromatic heterocycles. The molecule has 2 amide bonds. The van der Waals surface area contributed by atoms with Crippen molar-refractivity contribution < 1.29 is 14.7 Å². The fourth-order valence-electron chi connectivity index (χ4n) is 3.90. The van der Waals surface area contributed by atoms with Gasteiger partial charge in [-0.3, -0.25) is 14.5 Å². The van der Waals surface area contributed by atoms with Crippen LogP contribution in [0.1, 0.15) is 21.5 Å². The molecule has 2 N–H and O–H groups in total. The fourth-order valence-corrected chi connectivity index (χ4v) is 3.90. The maximum absolute atomic E-state index is 13.1. The van der Waals surface area contributed by atoms with Crippen molar-refractivity contribution in [3.63, 3.8) is 0 Å². The van der Waals surface area contributed by atoms with Gasteiger partial charge in [0.05, 0.1) is 12.1 Å². The number of benzene rings is 3. The standard InChI is InChI=1S/C26H27N3O3/c30-24-12-11-21(17-20-7-3-1-4-8-20)18-23(24)26(32)29-15-13-28(14-16-29)19-25(31)27-22-9-5-2-6-10-22/h1-12,18,30H,13-17,19H2,(H,27,31).